The van der Waals surface area contributed by atoms with Crippen molar-refractivity contribution in [1.29, 1.82) is 0 Å². The number of rotatable bonds is 5. The van der Waals surface area contributed by atoms with Gasteiger partial charge in [0, 0.05) is 6.54 Å². The number of nitrogens with zero attached hydrogens (tertiary/aromatic N) is 1. The van der Waals surface area contributed by atoms with E-state index in [4.69, 9.17) is 11.6 Å². The molecule has 5 heteroatoms. The maximum absolute atomic E-state index is 11.9. The summed E-state index contributed by atoms with van der Waals surface area (Å²) >= 11 is 7.55. The monoisotopic (exact) mass is 274 g/mol. The predicted octanol–water partition coefficient (Wildman–Crippen LogP) is 3.14. The normalized spacial score (nSPS) is 12.8. The molecule has 0 fully saturated rings. The Hall–Kier alpha value is -0.610. The molecule has 0 aromatic carbocycles. The molecule has 0 aliphatic heterocycles. The Bertz CT molecular complexity index is 390. The number of carbonyl (C=O) groups excluding carboxylic acids is 1. The van der Waals surface area contributed by atoms with E-state index in [0.29, 0.717) is 17.3 Å². The molecule has 0 bridgehead atoms. The second kappa shape index (κ2) is 6.36. The highest BCUT2D eigenvalue weighted by atomic mass is 35.5. The number of thiazole rings is 1. The van der Waals surface area contributed by atoms with Gasteiger partial charge in [-0.25, -0.2) is 4.98 Å². The van der Waals surface area contributed by atoms with Crippen LogP contribution >= 0.6 is 22.9 Å². The van der Waals surface area contributed by atoms with Gasteiger partial charge in [-0.3, -0.25) is 4.79 Å². The van der Waals surface area contributed by atoms with E-state index in [1.165, 1.54) is 11.3 Å². The zero-order chi connectivity index (χ0) is 13.0. The van der Waals surface area contributed by atoms with E-state index >= 15 is 0 Å². The maximum Gasteiger partial charge on any atom is 0.263 e. The Morgan fingerprint density at radius 1 is 1.47 bits per heavy atom. The lowest BCUT2D eigenvalue weighted by atomic mass is 10.1. The topological polar surface area (TPSA) is 42.0 Å². The fraction of sp³-hybridized carbons (Fsp3) is 0.667. The summed E-state index contributed by atoms with van der Waals surface area (Å²) in [6, 6.07) is 0. The van der Waals surface area contributed by atoms with Crippen LogP contribution < -0.4 is 5.32 Å². The van der Waals surface area contributed by atoms with Crippen LogP contribution in [0.25, 0.3) is 0 Å². The molecule has 0 aliphatic rings. The minimum Gasteiger partial charge on any atom is -0.350 e. The zero-order valence-corrected chi connectivity index (χ0v) is 12.3. The average Bonchev–Trinajstić information content (AvgIpc) is 2.53. The highest BCUT2D eigenvalue weighted by molar-refractivity contribution is 7.13. The van der Waals surface area contributed by atoms with Crippen molar-refractivity contribution in [3.05, 3.63) is 15.6 Å². The first kappa shape index (κ1) is 14.5. The van der Waals surface area contributed by atoms with Crippen molar-refractivity contribution in [3.63, 3.8) is 0 Å². The van der Waals surface area contributed by atoms with Crippen LogP contribution in [0, 0.1) is 19.8 Å². The summed E-state index contributed by atoms with van der Waals surface area (Å²) in [4.78, 5) is 16.8. The summed E-state index contributed by atoms with van der Waals surface area (Å²) in [6.45, 7) is 8.50. The van der Waals surface area contributed by atoms with E-state index < -0.39 is 0 Å². The quantitative estimate of drug-likeness (QED) is 0.838. The minimum absolute atomic E-state index is 0.00623. The third-order valence-electron chi connectivity index (χ3n) is 2.32. The van der Waals surface area contributed by atoms with Gasteiger partial charge in [0.25, 0.3) is 5.91 Å². The van der Waals surface area contributed by atoms with Gasteiger partial charge in [-0.05, 0) is 26.2 Å². The van der Waals surface area contributed by atoms with Gasteiger partial charge in [-0.15, -0.1) is 22.9 Å². The third-order valence-corrected chi connectivity index (χ3v) is 3.73. The standard InChI is InChI=1S/C12H19ClN2OS/c1-7(2)5-10(13)6-14-12(16)11-8(3)15-9(4)17-11/h7,10H,5-6H2,1-4H3,(H,14,16). The van der Waals surface area contributed by atoms with Crippen molar-refractivity contribution in [2.24, 2.45) is 5.92 Å². The molecule has 1 rings (SSSR count). The molecule has 0 saturated carbocycles. The van der Waals surface area contributed by atoms with Crippen molar-refractivity contribution >= 4 is 28.8 Å². The van der Waals surface area contributed by atoms with Crippen LogP contribution in [-0.2, 0) is 0 Å². The van der Waals surface area contributed by atoms with Crippen molar-refractivity contribution in [3.8, 4) is 0 Å². The number of nitrogens with one attached hydrogen (secondary N) is 1. The van der Waals surface area contributed by atoms with Gasteiger partial charge in [-0.2, -0.15) is 0 Å². The Kier molecular flexibility index (Phi) is 5.40. The predicted molar refractivity (Wildman–Crippen MR) is 73.0 cm³/mol. The number of hydrogen-bond acceptors (Lipinski definition) is 3. The van der Waals surface area contributed by atoms with E-state index in [1.807, 2.05) is 13.8 Å². The van der Waals surface area contributed by atoms with Crippen molar-refractivity contribution < 1.29 is 4.79 Å². The van der Waals surface area contributed by atoms with Crippen LogP contribution in [0.4, 0.5) is 0 Å². The summed E-state index contributed by atoms with van der Waals surface area (Å²) < 4.78 is 0. The average molecular weight is 275 g/mol. The third kappa shape index (κ3) is 4.64. The van der Waals surface area contributed by atoms with Crippen LogP contribution in [-0.4, -0.2) is 22.8 Å². The molecule has 1 heterocycles. The SMILES string of the molecule is Cc1nc(C)c(C(=O)NCC(Cl)CC(C)C)s1. The second-order valence-electron chi connectivity index (χ2n) is 4.58. The lowest BCUT2D eigenvalue weighted by Gasteiger charge is -2.12. The number of alkyl halides is 1. The molecule has 0 saturated heterocycles. The largest absolute Gasteiger partial charge is 0.350 e. The van der Waals surface area contributed by atoms with Gasteiger partial charge in [0.1, 0.15) is 4.88 Å². The van der Waals surface area contributed by atoms with Gasteiger partial charge >= 0.3 is 0 Å². The molecule has 1 aromatic heterocycles. The molecule has 0 spiro atoms. The van der Waals surface area contributed by atoms with Gasteiger partial charge in [-0.1, -0.05) is 13.8 Å². The van der Waals surface area contributed by atoms with Crippen LogP contribution in [0.1, 0.15) is 40.6 Å². The molecule has 1 amide bonds. The smallest absolute Gasteiger partial charge is 0.263 e. The fourth-order valence-electron chi connectivity index (χ4n) is 1.62. The van der Waals surface area contributed by atoms with Crippen LogP contribution in [0.3, 0.4) is 0 Å². The van der Waals surface area contributed by atoms with Crippen LogP contribution in [0.15, 0.2) is 0 Å². The number of amides is 1. The van der Waals surface area contributed by atoms with Crippen molar-refractivity contribution in [1.82, 2.24) is 10.3 Å². The Labute approximate surface area is 112 Å². The van der Waals surface area contributed by atoms with Gasteiger partial charge in [0.2, 0.25) is 0 Å². The first-order chi connectivity index (χ1) is 7.90. The van der Waals surface area contributed by atoms with E-state index in [-0.39, 0.29) is 11.3 Å². The highest BCUT2D eigenvalue weighted by Crippen LogP contribution is 2.17. The number of halogens is 1. The van der Waals surface area contributed by atoms with E-state index in [9.17, 15) is 4.79 Å². The fourth-order valence-corrected chi connectivity index (χ4v) is 2.89. The second-order valence-corrected chi connectivity index (χ2v) is 6.40. The summed E-state index contributed by atoms with van der Waals surface area (Å²) in [5, 5.41) is 3.77. The van der Waals surface area contributed by atoms with Gasteiger partial charge < -0.3 is 5.32 Å². The number of carbonyl (C=O) groups is 1. The Morgan fingerprint density at radius 2 is 2.12 bits per heavy atom. The maximum atomic E-state index is 11.9. The van der Waals surface area contributed by atoms with Crippen LogP contribution in [0.2, 0.25) is 0 Å². The molecular formula is C12H19ClN2OS. The zero-order valence-electron chi connectivity index (χ0n) is 10.7. The molecule has 0 radical (unpaired) electrons. The first-order valence-corrected chi connectivity index (χ1v) is 7.01. The highest BCUT2D eigenvalue weighted by Gasteiger charge is 2.15. The lowest BCUT2D eigenvalue weighted by molar-refractivity contribution is 0.0956. The Morgan fingerprint density at radius 3 is 2.59 bits per heavy atom. The molecule has 1 unspecified atom stereocenters. The summed E-state index contributed by atoms with van der Waals surface area (Å²) in [5.41, 5.74) is 0.792. The molecule has 1 N–H and O–H groups in total. The molecule has 3 nitrogen and oxygen atoms in total. The van der Waals surface area contributed by atoms with E-state index in [0.717, 1.165) is 17.1 Å². The summed E-state index contributed by atoms with van der Waals surface area (Å²) in [6.07, 6.45) is 0.905. The van der Waals surface area contributed by atoms with E-state index in [1.54, 1.807) is 0 Å². The minimum atomic E-state index is -0.0671. The molecule has 17 heavy (non-hydrogen) atoms. The van der Waals surface area contributed by atoms with Crippen molar-refractivity contribution in [2.75, 3.05) is 6.54 Å². The molecular weight excluding hydrogens is 256 g/mol. The molecule has 96 valence electrons. The first-order valence-electron chi connectivity index (χ1n) is 5.76. The number of hydrogen-bond donors (Lipinski definition) is 1. The summed E-state index contributed by atoms with van der Waals surface area (Å²) in [5.74, 6) is 0.476. The van der Waals surface area contributed by atoms with Crippen molar-refractivity contribution in [2.45, 2.75) is 39.5 Å². The Balaban J connectivity index is 2.47. The van der Waals surface area contributed by atoms with E-state index in [2.05, 4.69) is 24.1 Å². The molecule has 1 aromatic rings. The van der Waals surface area contributed by atoms with Gasteiger partial charge in [0.05, 0.1) is 16.1 Å². The van der Waals surface area contributed by atoms with Gasteiger partial charge in [0.15, 0.2) is 0 Å². The molecule has 1 atom stereocenters. The number of aryl methyl sites for hydroxylation is 2. The van der Waals surface area contributed by atoms with Crippen LogP contribution in [0.5, 0.6) is 0 Å². The number of aromatic nitrogens is 1. The summed E-state index contributed by atoms with van der Waals surface area (Å²) in [7, 11) is 0. The lowest BCUT2D eigenvalue weighted by Crippen LogP contribution is -2.30. The molecule has 0 aliphatic carbocycles.